The van der Waals surface area contributed by atoms with Gasteiger partial charge < -0.3 is 16.4 Å². The van der Waals surface area contributed by atoms with E-state index >= 15 is 0 Å². The molecule has 0 aromatic heterocycles. The summed E-state index contributed by atoms with van der Waals surface area (Å²) in [7, 11) is 0. The minimum absolute atomic E-state index is 0.494. The highest BCUT2D eigenvalue weighted by atomic mass is 14.9. The fraction of sp³-hybridized carbons (Fsp3) is 0.538. The topological polar surface area (TPSA) is 50.1 Å². The maximum atomic E-state index is 6.92. The van der Waals surface area contributed by atoms with Crippen LogP contribution in [-0.4, -0.2) is 25.7 Å². The Balaban J connectivity index is 1.35. The van der Waals surface area contributed by atoms with E-state index < -0.39 is 5.54 Å². The average Bonchev–Trinajstić information content (AvgIpc) is 2.79. The van der Waals surface area contributed by atoms with E-state index in [1.165, 1.54) is 64.3 Å². The summed E-state index contributed by atoms with van der Waals surface area (Å²) in [5.41, 5.74) is 8.75. The van der Waals surface area contributed by atoms with Crippen LogP contribution in [0.25, 0.3) is 0 Å². The number of nitrogens with two attached hydrogens (primary N) is 1. The molecule has 1 saturated carbocycles. The maximum absolute atomic E-state index is 6.92. The molecule has 3 heteroatoms. The number of benzene rings is 2. The van der Waals surface area contributed by atoms with Crippen LogP contribution in [0.3, 0.4) is 0 Å². The van der Waals surface area contributed by atoms with E-state index in [2.05, 4.69) is 59.2 Å². The van der Waals surface area contributed by atoms with Crippen LogP contribution in [0.2, 0.25) is 0 Å². The second-order valence-corrected chi connectivity index (χ2v) is 8.58. The van der Waals surface area contributed by atoms with Gasteiger partial charge in [0.2, 0.25) is 0 Å². The lowest BCUT2D eigenvalue weighted by molar-refractivity contribution is 0.369. The zero-order chi connectivity index (χ0) is 20.2. The summed E-state index contributed by atoms with van der Waals surface area (Å²) in [6, 6.07) is 21.7. The Bertz CT molecular complexity index is 625. The highest BCUT2D eigenvalue weighted by Crippen LogP contribution is 2.26. The Hall–Kier alpha value is -1.68. The first-order valence-electron chi connectivity index (χ1n) is 11.6. The molecule has 4 N–H and O–H groups in total. The van der Waals surface area contributed by atoms with Gasteiger partial charge in [0.25, 0.3) is 0 Å². The third-order valence-electron chi connectivity index (χ3n) is 6.30. The molecule has 0 aliphatic heterocycles. The average molecular weight is 394 g/mol. The molecular weight excluding hydrogens is 354 g/mol. The predicted molar refractivity (Wildman–Crippen MR) is 124 cm³/mol. The molecule has 0 unspecified atom stereocenters. The second-order valence-electron chi connectivity index (χ2n) is 8.58. The number of hydrogen-bond acceptors (Lipinski definition) is 3. The van der Waals surface area contributed by atoms with Crippen LogP contribution in [0.1, 0.15) is 68.9 Å². The Labute approximate surface area is 177 Å². The fourth-order valence-corrected chi connectivity index (χ4v) is 4.47. The second kappa shape index (κ2) is 12.1. The third kappa shape index (κ3) is 6.95. The molecule has 158 valence electrons. The molecule has 3 rings (SSSR count). The Morgan fingerprint density at radius 2 is 1.28 bits per heavy atom. The van der Waals surface area contributed by atoms with Gasteiger partial charge in [0.1, 0.15) is 0 Å². The van der Waals surface area contributed by atoms with E-state index in [-0.39, 0.29) is 0 Å². The zero-order valence-electron chi connectivity index (χ0n) is 17.9. The molecular formula is C26H39N3. The maximum Gasteiger partial charge on any atom is 0.0792 e. The molecule has 0 amide bonds. The van der Waals surface area contributed by atoms with Crippen molar-refractivity contribution in [2.75, 3.05) is 19.6 Å². The van der Waals surface area contributed by atoms with E-state index in [4.69, 9.17) is 5.73 Å². The van der Waals surface area contributed by atoms with Gasteiger partial charge in [-0.15, -0.1) is 0 Å². The third-order valence-corrected chi connectivity index (χ3v) is 6.30. The summed E-state index contributed by atoms with van der Waals surface area (Å²) >= 11 is 0. The highest BCUT2D eigenvalue weighted by Gasteiger charge is 2.28. The van der Waals surface area contributed by atoms with E-state index in [0.29, 0.717) is 0 Å². The lowest BCUT2D eigenvalue weighted by Crippen LogP contribution is -2.47. The number of nitrogens with one attached hydrogen (secondary N) is 2. The molecule has 0 bridgehead atoms. The molecule has 1 aliphatic carbocycles. The first-order valence-corrected chi connectivity index (χ1v) is 11.6. The summed E-state index contributed by atoms with van der Waals surface area (Å²) in [5, 5.41) is 7.37. The van der Waals surface area contributed by atoms with Gasteiger partial charge in [0.15, 0.2) is 0 Å². The van der Waals surface area contributed by atoms with Crippen LogP contribution in [-0.2, 0) is 5.54 Å². The molecule has 0 heterocycles. The molecule has 0 radical (unpaired) electrons. The highest BCUT2D eigenvalue weighted by molar-refractivity contribution is 5.38. The van der Waals surface area contributed by atoms with Gasteiger partial charge >= 0.3 is 0 Å². The van der Waals surface area contributed by atoms with Crippen molar-refractivity contribution in [3.63, 3.8) is 0 Å². The lowest BCUT2D eigenvalue weighted by atomic mass is 9.83. The van der Waals surface area contributed by atoms with E-state index in [9.17, 15) is 0 Å². The van der Waals surface area contributed by atoms with Crippen molar-refractivity contribution in [3.8, 4) is 0 Å². The molecule has 0 spiro atoms. The Morgan fingerprint density at radius 3 is 1.86 bits per heavy atom. The SMILES string of the molecule is NC(CNCCCCCCNC1CCCCC1)(c1ccccc1)c1ccccc1. The monoisotopic (exact) mass is 393 g/mol. The first kappa shape index (κ1) is 22.0. The number of hydrogen-bond donors (Lipinski definition) is 3. The van der Waals surface area contributed by atoms with Crippen molar-refractivity contribution in [1.29, 1.82) is 0 Å². The van der Waals surface area contributed by atoms with E-state index in [0.717, 1.165) is 30.3 Å². The van der Waals surface area contributed by atoms with Crippen molar-refractivity contribution >= 4 is 0 Å². The van der Waals surface area contributed by atoms with Gasteiger partial charge in [-0.3, -0.25) is 0 Å². The van der Waals surface area contributed by atoms with Crippen LogP contribution in [0.4, 0.5) is 0 Å². The fourth-order valence-electron chi connectivity index (χ4n) is 4.47. The Morgan fingerprint density at radius 1 is 0.724 bits per heavy atom. The van der Waals surface area contributed by atoms with Crippen molar-refractivity contribution in [2.45, 2.75) is 69.4 Å². The predicted octanol–water partition coefficient (Wildman–Crippen LogP) is 4.96. The van der Waals surface area contributed by atoms with Crippen LogP contribution >= 0.6 is 0 Å². The van der Waals surface area contributed by atoms with Gasteiger partial charge in [0, 0.05) is 12.6 Å². The van der Waals surface area contributed by atoms with Crippen LogP contribution < -0.4 is 16.4 Å². The van der Waals surface area contributed by atoms with Crippen LogP contribution in [0.5, 0.6) is 0 Å². The van der Waals surface area contributed by atoms with Gasteiger partial charge in [-0.1, -0.05) is 92.8 Å². The van der Waals surface area contributed by atoms with E-state index in [1.54, 1.807) is 0 Å². The quantitative estimate of drug-likeness (QED) is 0.447. The molecule has 0 saturated heterocycles. The molecule has 29 heavy (non-hydrogen) atoms. The summed E-state index contributed by atoms with van der Waals surface area (Å²) in [6.45, 7) is 2.96. The zero-order valence-corrected chi connectivity index (χ0v) is 17.9. The normalized spacial score (nSPS) is 15.5. The minimum atomic E-state index is -0.494. The van der Waals surface area contributed by atoms with Crippen molar-refractivity contribution < 1.29 is 0 Å². The van der Waals surface area contributed by atoms with Crippen molar-refractivity contribution in [2.24, 2.45) is 5.73 Å². The van der Waals surface area contributed by atoms with Crippen molar-refractivity contribution in [1.82, 2.24) is 10.6 Å². The molecule has 2 aromatic carbocycles. The van der Waals surface area contributed by atoms with Gasteiger partial charge in [-0.2, -0.15) is 0 Å². The molecule has 1 fully saturated rings. The standard InChI is InChI=1S/C26H39N3/c27-26(23-14-6-3-7-15-23,24-16-8-4-9-17-24)22-28-20-12-1-2-13-21-29-25-18-10-5-11-19-25/h3-4,6-9,14-17,25,28-29H,1-2,5,10-13,18-22,27H2. The lowest BCUT2D eigenvalue weighted by Gasteiger charge is -2.31. The summed E-state index contributed by atoms with van der Waals surface area (Å²) in [5.74, 6) is 0. The summed E-state index contributed by atoms with van der Waals surface area (Å²) in [6.07, 6.45) is 12.1. The van der Waals surface area contributed by atoms with Crippen LogP contribution in [0.15, 0.2) is 60.7 Å². The first-order chi connectivity index (χ1) is 14.3. The number of rotatable bonds is 12. The number of unbranched alkanes of at least 4 members (excludes halogenated alkanes) is 3. The smallest absolute Gasteiger partial charge is 0.0792 e. The molecule has 1 aliphatic rings. The molecule has 0 atom stereocenters. The summed E-state index contributed by atoms with van der Waals surface area (Å²) < 4.78 is 0. The molecule has 3 nitrogen and oxygen atoms in total. The van der Waals surface area contributed by atoms with Gasteiger partial charge in [0.05, 0.1) is 5.54 Å². The summed E-state index contributed by atoms with van der Waals surface area (Å²) in [4.78, 5) is 0. The Kier molecular flexibility index (Phi) is 9.20. The molecule has 2 aromatic rings. The van der Waals surface area contributed by atoms with Gasteiger partial charge in [-0.05, 0) is 49.9 Å². The van der Waals surface area contributed by atoms with E-state index in [1.807, 2.05) is 12.1 Å². The minimum Gasteiger partial charge on any atom is -0.317 e. The van der Waals surface area contributed by atoms with Crippen LogP contribution in [0, 0.1) is 0 Å². The van der Waals surface area contributed by atoms with Gasteiger partial charge in [-0.25, -0.2) is 0 Å². The van der Waals surface area contributed by atoms with Crippen molar-refractivity contribution in [3.05, 3.63) is 71.8 Å². The largest absolute Gasteiger partial charge is 0.317 e.